The lowest BCUT2D eigenvalue weighted by Gasteiger charge is -2.33. The highest BCUT2D eigenvalue weighted by Crippen LogP contribution is 2.36. The Balaban J connectivity index is 2.04. The summed E-state index contributed by atoms with van der Waals surface area (Å²) in [5.41, 5.74) is 2.38. The Labute approximate surface area is 149 Å². The van der Waals surface area contributed by atoms with Crippen molar-refractivity contribution < 1.29 is 19.1 Å². The van der Waals surface area contributed by atoms with Crippen LogP contribution in [0.5, 0.6) is 5.75 Å². The SMILES string of the molecule is Cc1oc(C(=O)O)cc1COc1ccc(C(C)(C)CC(C)(C)C)cc1. The third-order valence-corrected chi connectivity index (χ3v) is 4.23. The first-order chi connectivity index (χ1) is 11.5. The molecule has 0 bridgehead atoms. The summed E-state index contributed by atoms with van der Waals surface area (Å²) in [5, 5.41) is 8.96. The molecular weight excluding hydrogens is 316 g/mol. The first-order valence-corrected chi connectivity index (χ1v) is 8.54. The van der Waals surface area contributed by atoms with E-state index < -0.39 is 5.97 Å². The van der Waals surface area contributed by atoms with Crippen LogP contribution < -0.4 is 4.74 Å². The molecule has 4 nitrogen and oxygen atoms in total. The highest BCUT2D eigenvalue weighted by molar-refractivity contribution is 5.84. The van der Waals surface area contributed by atoms with Crippen LogP contribution in [0.25, 0.3) is 0 Å². The number of rotatable bonds is 6. The van der Waals surface area contributed by atoms with Gasteiger partial charge in [-0.15, -0.1) is 0 Å². The third-order valence-electron chi connectivity index (χ3n) is 4.23. The minimum atomic E-state index is -1.07. The topological polar surface area (TPSA) is 59.7 Å². The van der Waals surface area contributed by atoms with Crippen LogP contribution in [0.2, 0.25) is 0 Å². The number of aryl methyl sites for hydroxylation is 1. The number of ether oxygens (including phenoxy) is 1. The number of aromatic carboxylic acids is 1. The van der Waals surface area contributed by atoms with Gasteiger partial charge in [0.15, 0.2) is 0 Å². The van der Waals surface area contributed by atoms with Crippen LogP contribution in [-0.2, 0) is 12.0 Å². The maximum absolute atomic E-state index is 10.9. The van der Waals surface area contributed by atoms with Gasteiger partial charge in [-0.25, -0.2) is 4.79 Å². The Morgan fingerprint density at radius 1 is 1.12 bits per heavy atom. The van der Waals surface area contributed by atoms with Gasteiger partial charge in [-0.2, -0.15) is 0 Å². The average molecular weight is 344 g/mol. The second-order valence-corrected chi connectivity index (χ2v) is 8.43. The minimum Gasteiger partial charge on any atom is -0.489 e. The number of carboxylic acid groups (broad SMARTS) is 1. The van der Waals surface area contributed by atoms with E-state index in [0.717, 1.165) is 17.7 Å². The van der Waals surface area contributed by atoms with Crippen molar-refractivity contribution in [2.45, 2.75) is 60.0 Å². The first-order valence-electron chi connectivity index (χ1n) is 8.54. The molecule has 1 heterocycles. The van der Waals surface area contributed by atoms with Crippen LogP contribution in [-0.4, -0.2) is 11.1 Å². The molecule has 0 aliphatic rings. The van der Waals surface area contributed by atoms with Crippen molar-refractivity contribution in [1.82, 2.24) is 0 Å². The molecule has 0 aliphatic heterocycles. The number of carbonyl (C=O) groups is 1. The van der Waals surface area contributed by atoms with Crippen molar-refractivity contribution in [2.75, 3.05) is 0 Å². The Morgan fingerprint density at radius 2 is 1.72 bits per heavy atom. The minimum absolute atomic E-state index is 0.0598. The molecule has 0 unspecified atom stereocenters. The van der Waals surface area contributed by atoms with E-state index >= 15 is 0 Å². The van der Waals surface area contributed by atoms with E-state index in [9.17, 15) is 4.79 Å². The van der Waals surface area contributed by atoms with Gasteiger partial charge < -0.3 is 14.3 Å². The van der Waals surface area contributed by atoms with Crippen molar-refractivity contribution in [3.8, 4) is 5.75 Å². The van der Waals surface area contributed by atoms with Gasteiger partial charge in [0.2, 0.25) is 5.76 Å². The Hall–Kier alpha value is -2.23. The summed E-state index contributed by atoms with van der Waals surface area (Å²) in [6.07, 6.45) is 1.09. The zero-order chi connectivity index (χ0) is 18.8. The van der Waals surface area contributed by atoms with E-state index in [-0.39, 0.29) is 23.2 Å². The summed E-state index contributed by atoms with van der Waals surface area (Å²) >= 11 is 0. The summed E-state index contributed by atoms with van der Waals surface area (Å²) in [7, 11) is 0. The molecular formula is C21H28O4. The van der Waals surface area contributed by atoms with Crippen LogP contribution in [0.4, 0.5) is 0 Å². The molecule has 2 rings (SSSR count). The molecule has 4 heteroatoms. The van der Waals surface area contributed by atoms with Gasteiger partial charge in [0.1, 0.15) is 18.1 Å². The number of hydrogen-bond donors (Lipinski definition) is 1. The Morgan fingerprint density at radius 3 is 2.20 bits per heavy atom. The molecule has 0 saturated heterocycles. The number of furan rings is 1. The van der Waals surface area contributed by atoms with E-state index in [4.69, 9.17) is 14.3 Å². The third kappa shape index (κ3) is 5.12. The predicted octanol–water partition coefficient (Wildman–Crippen LogP) is 5.58. The number of benzene rings is 1. The lowest BCUT2D eigenvalue weighted by molar-refractivity contribution is 0.0661. The molecule has 1 aromatic heterocycles. The van der Waals surface area contributed by atoms with Crippen LogP contribution in [0.3, 0.4) is 0 Å². The van der Waals surface area contributed by atoms with Gasteiger partial charge >= 0.3 is 5.97 Å². The molecule has 0 spiro atoms. The smallest absolute Gasteiger partial charge is 0.371 e. The lowest BCUT2D eigenvalue weighted by atomic mass is 9.72. The fourth-order valence-corrected chi connectivity index (χ4v) is 3.36. The van der Waals surface area contributed by atoms with E-state index in [2.05, 4.69) is 46.8 Å². The normalized spacial score (nSPS) is 12.2. The molecule has 0 saturated carbocycles. The maximum Gasteiger partial charge on any atom is 0.371 e. The van der Waals surface area contributed by atoms with E-state index in [1.807, 2.05) is 12.1 Å². The van der Waals surface area contributed by atoms with E-state index in [1.54, 1.807) is 6.92 Å². The summed E-state index contributed by atoms with van der Waals surface area (Å²) < 4.78 is 11.0. The van der Waals surface area contributed by atoms with Crippen LogP contribution >= 0.6 is 0 Å². The number of carboxylic acids is 1. The molecule has 136 valence electrons. The Kier molecular flexibility index (Phi) is 5.31. The summed E-state index contributed by atoms with van der Waals surface area (Å²) in [6.45, 7) is 13.3. The van der Waals surface area contributed by atoms with Gasteiger partial charge in [-0.1, -0.05) is 46.8 Å². The van der Waals surface area contributed by atoms with Crippen molar-refractivity contribution in [3.05, 3.63) is 53.0 Å². The van der Waals surface area contributed by atoms with Gasteiger partial charge in [0.05, 0.1) is 0 Å². The second kappa shape index (κ2) is 6.95. The summed E-state index contributed by atoms with van der Waals surface area (Å²) in [6, 6.07) is 9.65. The maximum atomic E-state index is 10.9. The zero-order valence-electron chi connectivity index (χ0n) is 16.0. The van der Waals surface area contributed by atoms with Crippen LogP contribution in [0, 0.1) is 12.3 Å². The summed E-state index contributed by atoms with van der Waals surface area (Å²) in [5.74, 6) is 0.197. The standard InChI is InChI=1S/C21H28O4/c1-14-15(11-18(25-14)19(22)23)12-24-17-9-7-16(8-10-17)21(5,6)13-20(2,3)4/h7-11H,12-13H2,1-6H3,(H,22,23). The molecule has 0 fully saturated rings. The fourth-order valence-electron chi connectivity index (χ4n) is 3.36. The first kappa shape index (κ1) is 19.1. The van der Waals surface area contributed by atoms with Gasteiger partial charge in [-0.3, -0.25) is 0 Å². The van der Waals surface area contributed by atoms with Crippen molar-refractivity contribution in [3.63, 3.8) is 0 Å². The van der Waals surface area contributed by atoms with Gasteiger partial charge in [0, 0.05) is 5.56 Å². The molecule has 0 amide bonds. The van der Waals surface area contributed by atoms with Crippen molar-refractivity contribution in [2.24, 2.45) is 5.41 Å². The molecule has 0 radical (unpaired) electrons. The monoisotopic (exact) mass is 344 g/mol. The lowest BCUT2D eigenvalue weighted by Crippen LogP contribution is -2.24. The van der Waals surface area contributed by atoms with E-state index in [1.165, 1.54) is 11.6 Å². The molecule has 1 N–H and O–H groups in total. The fraction of sp³-hybridized carbons (Fsp3) is 0.476. The average Bonchev–Trinajstić information content (AvgIpc) is 2.84. The summed E-state index contributed by atoms with van der Waals surface area (Å²) in [4.78, 5) is 10.9. The van der Waals surface area contributed by atoms with Crippen LogP contribution in [0.15, 0.2) is 34.7 Å². The van der Waals surface area contributed by atoms with Crippen LogP contribution in [0.1, 0.15) is 68.5 Å². The van der Waals surface area contributed by atoms with Crippen molar-refractivity contribution >= 4 is 5.97 Å². The molecule has 0 aliphatic carbocycles. The molecule has 1 aromatic carbocycles. The second-order valence-electron chi connectivity index (χ2n) is 8.43. The molecule has 25 heavy (non-hydrogen) atoms. The van der Waals surface area contributed by atoms with Gasteiger partial charge in [0.25, 0.3) is 0 Å². The van der Waals surface area contributed by atoms with E-state index in [0.29, 0.717) is 5.76 Å². The predicted molar refractivity (Wildman–Crippen MR) is 98.3 cm³/mol. The van der Waals surface area contributed by atoms with Crippen molar-refractivity contribution in [1.29, 1.82) is 0 Å². The highest BCUT2D eigenvalue weighted by atomic mass is 16.5. The molecule has 2 aromatic rings. The quantitative estimate of drug-likeness (QED) is 0.743. The number of hydrogen-bond acceptors (Lipinski definition) is 3. The zero-order valence-corrected chi connectivity index (χ0v) is 16.0. The highest BCUT2D eigenvalue weighted by Gasteiger charge is 2.27. The molecule has 0 atom stereocenters. The van der Waals surface area contributed by atoms with Gasteiger partial charge in [-0.05, 0) is 47.9 Å². The largest absolute Gasteiger partial charge is 0.489 e. The Bertz CT molecular complexity index is 730.